The van der Waals surface area contributed by atoms with Gasteiger partial charge in [-0.2, -0.15) is 0 Å². The number of carbonyl (C=O) groups is 1. The van der Waals surface area contributed by atoms with E-state index >= 15 is 0 Å². The van der Waals surface area contributed by atoms with Crippen molar-refractivity contribution in [3.05, 3.63) is 47.8 Å². The number of sulfonamides is 1. The first-order chi connectivity index (χ1) is 13.5. The quantitative estimate of drug-likeness (QED) is 0.657. The van der Waals surface area contributed by atoms with Gasteiger partial charge in [0.2, 0.25) is 10.0 Å². The topological polar surface area (TPSA) is 122 Å². The molecule has 0 amide bonds. The molecule has 28 heavy (non-hydrogen) atoms. The van der Waals surface area contributed by atoms with Crippen LogP contribution in [0.2, 0.25) is 0 Å². The Morgan fingerprint density at radius 3 is 2.75 bits per heavy atom. The van der Waals surface area contributed by atoms with Gasteiger partial charge in [-0.25, -0.2) is 22.6 Å². The number of rotatable bonds is 6. The molecule has 0 bridgehead atoms. The smallest absolute Gasteiger partial charge is 0.360 e. The summed E-state index contributed by atoms with van der Waals surface area (Å²) < 4.78 is 45.4. The van der Waals surface area contributed by atoms with Crippen LogP contribution in [0.15, 0.2) is 36.5 Å². The molecule has 150 valence electrons. The lowest BCUT2D eigenvalue weighted by atomic mass is 10.1. The number of hydrogen-bond acceptors (Lipinski definition) is 8. The fourth-order valence-corrected chi connectivity index (χ4v) is 4.89. The number of hydrogen-bond donors (Lipinski definition) is 1. The van der Waals surface area contributed by atoms with Crippen molar-refractivity contribution >= 4 is 16.0 Å². The number of benzene rings is 1. The highest BCUT2D eigenvalue weighted by atomic mass is 32.2. The molecule has 1 aromatic carbocycles. The van der Waals surface area contributed by atoms with Crippen LogP contribution in [0.25, 0.3) is 0 Å². The number of ether oxygens (including phenoxy) is 3. The fraction of sp³-hybridized carbons (Fsp3) is 0.471. The molecule has 4 atom stereocenters. The van der Waals surface area contributed by atoms with Crippen molar-refractivity contribution in [3.8, 4) is 0 Å². The molecule has 11 heteroatoms. The number of methoxy groups -OCH3 is 1. The van der Waals surface area contributed by atoms with E-state index in [9.17, 15) is 13.2 Å². The van der Waals surface area contributed by atoms with Gasteiger partial charge in [-0.15, -0.1) is 5.10 Å². The third-order valence-electron chi connectivity index (χ3n) is 4.80. The first-order valence-electron chi connectivity index (χ1n) is 8.74. The highest BCUT2D eigenvalue weighted by molar-refractivity contribution is 7.88. The third-order valence-corrected chi connectivity index (χ3v) is 6.18. The summed E-state index contributed by atoms with van der Waals surface area (Å²) in [4.78, 5) is 11.6. The van der Waals surface area contributed by atoms with E-state index in [2.05, 4.69) is 19.8 Å². The Morgan fingerprint density at radius 1 is 1.25 bits per heavy atom. The third kappa shape index (κ3) is 3.78. The summed E-state index contributed by atoms with van der Waals surface area (Å²) in [5.74, 6) is -0.697. The van der Waals surface area contributed by atoms with Crippen molar-refractivity contribution in [1.82, 2.24) is 19.7 Å². The SMILES string of the molecule is COC(=O)c1cn([C@H]2CO[C@H]3[C@@H]2OC[C@@H]3NS(=O)(=O)Cc2ccccc2)nn1. The van der Waals surface area contributed by atoms with Crippen LogP contribution in [0.3, 0.4) is 0 Å². The van der Waals surface area contributed by atoms with E-state index in [-0.39, 0.29) is 30.7 Å². The minimum atomic E-state index is -3.56. The van der Waals surface area contributed by atoms with Crippen molar-refractivity contribution in [2.45, 2.75) is 30.0 Å². The first kappa shape index (κ1) is 19.0. The Balaban J connectivity index is 1.42. The van der Waals surface area contributed by atoms with Crippen molar-refractivity contribution in [2.75, 3.05) is 20.3 Å². The predicted molar refractivity (Wildman–Crippen MR) is 95.9 cm³/mol. The van der Waals surface area contributed by atoms with Crippen molar-refractivity contribution in [2.24, 2.45) is 0 Å². The molecule has 2 aliphatic rings. The van der Waals surface area contributed by atoms with Crippen LogP contribution >= 0.6 is 0 Å². The second kappa shape index (κ2) is 7.59. The maximum atomic E-state index is 12.5. The minimum Gasteiger partial charge on any atom is -0.464 e. The van der Waals surface area contributed by atoms with Gasteiger partial charge in [0, 0.05) is 0 Å². The van der Waals surface area contributed by atoms with Gasteiger partial charge in [-0.1, -0.05) is 35.5 Å². The molecule has 0 spiro atoms. The summed E-state index contributed by atoms with van der Waals surface area (Å²) >= 11 is 0. The highest BCUT2D eigenvalue weighted by Crippen LogP contribution is 2.34. The van der Waals surface area contributed by atoms with Gasteiger partial charge < -0.3 is 14.2 Å². The average molecular weight is 408 g/mol. The lowest BCUT2D eigenvalue weighted by Gasteiger charge is -2.18. The molecule has 0 aliphatic carbocycles. The van der Waals surface area contributed by atoms with Crippen LogP contribution in [0, 0.1) is 0 Å². The molecule has 1 aromatic heterocycles. The number of aromatic nitrogens is 3. The Labute approximate surface area is 161 Å². The standard InChI is InChI=1S/C17H20N4O6S/c1-25-17(22)12-7-21(20-18-12)14-9-27-15-13(8-26-16(14)15)19-28(23,24)10-11-5-3-2-4-6-11/h2-7,13-16,19H,8-10H2,1H3/t13-,14-,15+,16+/m0/s1. The molecule has 2 fully saturated rings. The van der Waals surface area contributed by atoms with Crippen molar-refractivity contribution < 1.29 is 27.4 Å². The second-order valence-electron chi connectivity index (χ2n) is 6.71. The molecule has 2 aromatic rings. The fourth-order valence-electron chi connectivity index (χ4n) is 3.51. The van der Waals surface area contributed by atoms with Crippen LogP contribution in [0.1, 0.15) is 22.1 Å². The molecule has 4 rings (SSSR count). The van der Waals surface area contributed by atoms with Gasteiger partial charge in [0.1, 0.15) is 18.2 Å². The number of nitrogens with zero attached hydrogens (tertiary/aromatic N) is 3. The molecular formula is C17H20N4O6S. The van der Waals surface area contributed by atoms with E-state index in [4.69, 9.17) is 9.47 Å². The number of nitrogens with one attached hydrogen (secondary N) is 1. The Kier molecular flexibility index (Phi) is 5.15. The van der Waals surface area contributed by atoms with Crippen LogP contribution in [0.4, 0.5) is 0 Å². The van der Waals surface area contributed by atoms with Crippen molar-refractivity contribution in [1.29, 1.82) is 0 Å². The molecule has 0 unspecified atom stereocenters. The maximum absolute atomic E-state index is 12.5. The van der Waals surface area contributed by atoms with E-state index in [0.717, 1.165) is 0 Å². The largest absolute Gasteiger partial charge is 0.464 e. The number of fused-ring (bicyclic) bond motifs is 1. The average Bonchev–Trinajstić information content (AvgIpc) is 3.38. The predicted octanol–water partition coefficient (Wildman–Crippen LogP) is -0.108. The summed E-state index contributed by atoms with van der Waals surface area (Å²) in [7, 11) is -2.29. The zero-order valence-electron chi connectivity index (χ0n) is 15.1. The van der Waals surface area contributed by atoms with Gasteiger partial charge >= 0.3 is 5.97 Å². The first-order valence-corrected chi connectivity index (χ1v) is 10.4. The van der Waals surface area contributed by atoms with Gasteiger partial charge in [-0.05, 0) is 5.56 Å². The maximum Gasteiger partial charge on any atom is 0.360 e. The van der Waals surface area contributed by atoms with Crippen molar-refractivity contribution in [3.63, 3.8) is 0 Å². The van der Waals surface area contributed by atoms with Gasteiger partial charge in [-0.3, -0.25) is 0 Å². The molecule has 3 heterocycles. The van der Waals surface area contributed by atoms with E-state index in [1.165, 1.54) is 18.0 Å². The zero-order chi connectivity index (χ0) is 19.7. The Hall–Kier alpha value is -2.34. The number of esters is 1. The molecule has 2 aliphatic heterocycles. The minimum absolute atomic E-state index is 0.0871. The van der Waals surface area contributed by atoms with E-state index in [0.29, 0.717) is 5.56 Å². The van der Waals surface area contributed by atoms with E-state index in [1.54, 1.807) is 24.3 Å². The molecule has 0 saturated carbocycles. The zero-order valence-corrected chi connectivity index (χ0v) is 15.9. The highest BCUT2D eigenvalue weighted by Gasteiger charge is 2.50. The second-order valence-corrected chi connectivity index (χ2v) is 8.46. The van der Waals surface area contributed by atoms with Crippen LogP contribution in [-0.2, 0) is 30.0 Å². The van der Waals surface area contributed by atoms with E-state index in [1.807, 2.05) is 6.07 Å². The Bertz CT molecular complexity index is 948. The van der Waals surface area contributed by atoms with Crippen LogP contribution < -0.4 is 4.72 Å². The Morgan fingerprint density at radius 2 is 2.00 bits per heavy atom. The summed E-state index contributed by atoms with van der Waals surface area (Å²) in [5.41, 5.74) is 0.790. The van der Waals surface area contributed by atoms with Crippen LogP contribution in [0.5, 0.6) is 0 Å². The molecular weight excluding hydrogens is 388 g/mol. The normalized spacial score (nSPS) is 26.9. The summed E-state index contributed by atoms with van der Waals surface area (Å²) in [6, 6.07) is 8.15. The van der Waals surface area contributed by atoms with Gasteiger partial charge in [0.05, 0.1) is 38.3 Å². The molecule has 1 N–H and O–H groups in total. The monoisotopic (exact) mass is 408 g/mol. The summed E-state index contributed by atoms with van der Waals surface area (Å²) in [5, 5.41) is 7.74. The lowest BCUT2D eigenvalue weighted by Crippen LogP contribution is -2.44. The van der Waals surface area contributed by atoms with Gasteiger partial charge in [0.25, 0.3) is 0 Å². The lowest BCUT2D eigenvalue weighted by molar-refractivity contribution is 0.0592. The number of carbonyl (C=O) groups excluding carboxylic acids is 1. The van der Waals surface area contributed by atoms with Gasteiger partial charge in [0.15, 0.2) is 5.69 Å². The molecule has 10 nitrogen and oxygen atoms in total. The summed E-state index contributed by atoms with van der Waals surface area (Å²) in [6.07, 6.45) is 0.636. The summed E-state index contributed by atoms with van der Waals surface area (Å²) in [6.45, 7) is 0.467. The molecule has 0 radical (unpaired) electrons. The van der Waals surface area contributed by atoms with E-state index < -0.39 is 34.2 Å². The molecule has 2 saturated heterocycles. The van der Waals surface area contributed by atoms with Crippen LogP contribution in [-0.4, -0.2) is 68.0 Å².